The van der Waals surface area contributed by atoms with Crippen LogP contribution in [0, 0.1) is 0 Å². The molecule has 4 rings (SSSR count). The van der Waals surface area contributed by atoms with E-state index in [1.54, 1.807) is 17.6 Å². The molecule has 0 saturated carbocycles. The Balaban J connectivity index is 2.17. The van der Waals surface area contributed by atoms with Crippen molar-refractivity contribution in [2.45, 2.75) is 13.5 Å². The summed E-state index contributed by atoms with van der Waals surface area (Å²) < 4.78 is 6.85. The number of nitrogens with one attached hydrogen (secondary N) is 1. The Kier molecular flexibility index (Phi) is 3.69. The highest BCUT2D eigenvalue weighted by atomic mass is 35.5. The number of ether oxygens (including phenoxy) is 1. The molecule has 0 aliphatic carbocycles. The van der Waals surface area contributed by atoms with Crippen molar-refractivity contribution in [3.63, 3.8) is 0 Å². The number of hydrogen-bond donors (Lipinski definition) is 1. The molecule has 0 spiro atoms. The monoisotopic (exact) mass is 355 g/mol. The van der Waals surface area contributed by atoms with Crippen molar-refractivity contribution in [3.05, 3.63) is 62.9 Å². The van der Waals surface area contributed by atoms with Crippen molar-refractivity contribution in [2.75, 3.05) is 11.9 Å². The summed E-state index contributed by atoms with van der Waals surface area (Å²) in [6.07, 6.45) is 0. The van der Waals surface area contributed by atoms with E-state index in [-0.39, 0.29) is 17.3 Å². The van der Waals surface area contributed by atoms with Gasteiger partial charge in [0.15, 0.2) is 5.65 Å². The molecule has 3 heterocycles. The van der Waals surface area contributed by atoms with Crippen LogP contribution in [0.5, 0.6) is 0 Å². The van der Waals surface area contributed by atoms with Gasteiger partial charge in [0, 0.05) is 6.54 Å². The molecular weight excluding hydrogens is 342 g/mol. The lowest BCUT2D eigenvalue weighted by Gasteiger charge is -2.26. The molecule has 1 N–H and O–H groups in total. The lowest BCUT2D eigenvalue weighted by atomic mass is 10.1. The van der Waals surface area contributed by atoms with Crippen molar-refractivity contribution in [3.8, 4) is 5.69 Å². The van der Waals surface area contributed by atoms with Crippen LogP contribution in [0.15, 0.2) is 41.2 Å². The predicted octanol–water partition coefficient (Wildman–Crippen LogP) is 3.14. The van der Waals surface area contributed by atoms with Crippen LogP contribution >= 0.6 is 11.6 Å². The fourth-order valence-corrected chi connectivity index (χ4v) is 3.23. The van der Waals surface area contributed by atoms with Gasteiger partial charge in [-0.15, -0.1) is 0 Å². The van der Waals surface area contributed by atoms with Gasteiger partial charge in [-0.2, -0.15) is 0 Å². The van der Waals surface area contributed by atoms with Crippen LogP contribution in [0.3, 0.4) is 0 Å². The van der Waals surface area contributed by atoms with Gasteiger partial charge < -0.3 is 10.1 Å². The van der Waals surface area contributed by atoms with Gasteiger partial charge in [-0.3, -0.25) is 9.36 Å². The summed E-state index contributed by atoms with van der Waals surface area (Å²) in [6.45, 7) is 2.38. The molecule has 1 aromatic carbocycles. The molecule has 2 aromatic heterocycles. The number of rotatable bonds is 2. The van der Waals surface area contributed by atoms with Crippen LogP contribution in [0.1, 0.15) is 22.8 Å². The molecule has 1 aliphatic heterocycles. The summed E-state index contributed by atoms with van der Waals surface area (Å²) in [5.41, 5.74) is 1.84. The van der Waals surface area contributed by atoms with E-state index < -0.39 is 11.4 Å². The Hall–Kier alpha value is -2.86. The number of hydrogen-bond acceptors (Lipinski definition) is 5. The van der Waals surface area contributed by atoms with Gasteiger partial charge in [0.1, 0.15) is 16.5 Å². The van der Waals surface area contributed by atoms with E-state index in [4.69, 9.17) is 16.3 Å². The fourth-order valence-electron chi connectivity index (χ4n) is 3.08. The number of benzene rings is 1. The molecule has 3 aromatic rings. The van der Waals surface area contributed by atoms with Crippen molar-refractivity contribution in [1.29, 1.82) is 0 Å². The number of carbonyl (C=O) groups is 1. The van der Waals surface area contributed by atoms with Crippen molar-refractivity contribution >= 4 is 34.4 Å². The van der Waals surface area contributed by atoms with Crippen LogP contribution in [0.4, 0.5) is 5.82 Å². The average molecular weight is 356 g/mol. The van der Waals surface area contributed by atoms with E-state index in [2.05, 4.69) is 10.3 Å². The van der Waals surface area contributed by atoms with E-state index in [1.807, 2.05) is 24.3 Å². The summed E-state index contributed by atoms with van der Waals surface area (Å²) in [6, 6.07) is 10.8. The third-order valence-electron chi connectivity index (χ3n) is 4.14. The first kappa shape index (κ1) is 15.7. The number of aromatic nitrogens is 2. The molecule has 0 saturated heterocycles. The van der Waals surface area contributed by atoms with E-state index in [0.717, 1.165) is 11.3 Å². The number of para-hydroxylation sites is 1. The van der Waals surface area contributed by atoms with Gasteiger partial charge in [0.2, 0.25) is 5.43 Å². The van der Waals surface area contributed by atoms with Gasteiger partial charge >= 0.3 is 5.97 Å². The lowest BCUT2D eigenvalue weighted by Crippen LogP contribution is -2.28. The topological polar surface area (TPSA) is 73.2 Å². The predicted molar refractivity (Wildman–Crippen MR) is 95.6 cm³/mol. The molecule has 0 amide bonds. The maximum absolute atomic E-state index is 12.9. The molecule has 126 valence electrons. The SMILES string of the molecule is CCOC(=O)c1c2n(c3nc(Cl)ccc3c1=O)-c1ccccc1CN2. The van der Waals surface area contributed by atoms with Crippen molar-refractivity contribution in [2.24, 2.45) is 0 Å². The second-order valence-electron chi connectivity index (χ2n) is 5.60. The molecule has 7 heteroatoms. The summed E-state index contributed by atoms with van der Waals surface area (Å²) in [5, 5.41) is 3.74. The lowest BCUT2D eigenvalue weighted by molar-refractivity contribution is 0.0525. The van der Waals surface area contributed by atoms with Crippen LogP contribution in [0.25, 0.3) is 16.7 Å². The summed E-state index contributed by atoms with van der Waals surface area (Å²) in [4.78, 5) is 29.7. The van der Waals surface area contributed by atoms with Crippen LogP contribution < -0.4 is 10.7 Å². The standard InChI is InChI=1S/C18H14ClN3O3/c1-2-25-18(24)14-15(23)11-7-8-13(19)21-16(11)22-12-6-4-3-5-10(12)9-20-17(14)22/h3-8,20H,2,9H2,1H3. The first-order valence-corrected chi connectivity index (χ1v) is 8.24. The second-order valence-corrected chi connectivity index (χ2v) is 5.98. The van der Waals surface area contributed by atoms with E-state index in [1.165, 1.54) is 6.07 Å². The zero-order valence-corrected chi connectivity index (χ0v) is 14.1. The third-order valence-corrected chi connectivity index (χ3v) is 4.35. The number of anilines is 1. The summed E-state index contributed by atoms with van der Waals surface area (Å²) >= 11 is 6.05. The molecule has 6 nitrogen and oxygen atoms in total. The van der Waals surface area contributed by atoms with Gasteiger partial charge in [0.25, 0.3) is 0 Å². The Bertz CT molecular complexity index is 1080. The van der Waals surface area contributed by atoms with Crippen molar-refractivity contribution < 1.29 is 9.53 Å². The highest BCUT2D eigenvalue weighted by Crippen LogP contribution is 2.31. The minimum absolute atomic E-state index is 0.0204. The first-order valence-electron chi connectivity index (χ1n) is 7.86. The number of esters is 1. The quantitative estimate of drug-likeness (QED) is 0.564. The molecular formula is C18H14ClN3O3. The highest BCUT2D eigenvalue weighted by Gasteiger charge is 2.28. The summed E-state index contributed by atoms with van der Waals surface area (Å²) in [7, 11) is 0. The Morgan fingerprint density at radius 1 is 1.32 bits per heavy atom. The number of nitrogens with zero attached hydrogens (tertiary/aromatic N) is 2. The Morgan fingerprint density at radius 3 is 2.92 bits per heavy atom. The van der Waals surface area contributed by atoms with Crippen LogP contribution in [-0.4, -0.2) is 22.1 Å². The molecule has 0 fully saturated rings. The Morgan fingerprint density at radius 2 is 2.12 bits per heavy atom. The average Bonchev–Trinajstić information content (AvgIpc) is 2.61. The minimum atomic E-state index is -0.653. The third kappa shape index (κ3) is 2.37. The number of carbonyl (C=O) groups excluding carboxylic acids is 1. The largest absolute Gasteiger partial charge is 0.462 e. The smallest absolute Gasteiger partial charge is 0.345 e. The highest BCUT2D eigenvalue weighted by molar-refractivity contribution is 6.29. The van der Waals surface area contributed by atoms with E-state index in [0.29, 0.717) is 23.4 Å². The zero-order valence-electron chi connectivity index (χ0n) is 13.4. The maximum atomic E-state index is 12.9. The second kappa shape index (κ2) is 5.89. The molecule has 0 radical (unpaired) electrons. The van der Waals surface area contributed by atoms with Gasteiger partial charge in [-0.1, -0.05) is 29.8 Å². The van der Waals surface area contributed by atoms with Gasteiger partial charge in [-0.25, -0.2) is 9.78 Å². The van der Waals surface area contributed by atoms with Crippen LogP contribution in [-0.2, 0) is 11.3 Å². The fraction of sp³-hybridized carbons (Fsp3) is 0.167. The molecule has 1 aliphatic rings. The molecule has 25 heavy (non-hydrogen) atoms. The normalized spacial score (nSPS) is 12.2. The van der Waals surface area contributed by atoms with Gasteiger partial charge in [0.05, 0.1) is 17.7 Å². The number of halogens is 1. The first-order chi connectivity index (χ1) is 12.1. The Labute approximate surface area is 148 Å². The molecule has 0 bridgehead atoms. The molecule has 0 atom stereocenters. The maximum Gasteiger partial charge on any atom is 0.345 e. The summed E-state index contributed by atoms with van der Waals surface area (Å²) in [5.74, 6) is -0.274. The van der Waals surface area contributed by atoms with E-state index >= 15 is 0 Å². The molecule has 0 unspecified atom stereocenters. The van der Waals surface area contributed by atoms with Gasteiger partial charge in [-0.05, 0) is 30.7 Å². The van der Waals surface area contributed by atoms with Crippen molar-refractivity contribution in [1.82, 2.24) is 9.55 Å². The van der Waals surface area contributed by atoms with Crippen LogP contribution in [0.2, 0.25) is 5.15 Å². The zero-order chi connectivity index (χ0) is 17.6. The minimum Gasteiger partial charge on any atom is -0.462 e. The number of fused-ring (bicyclic) bond motifs is 5. The number of pyridine rings is 2. The van der Waals surface area contributed by atoms with E-state index in [9.17, 15) is 9.59 Å².